The maximum atomic E-state index is 13.1. The van der Waals surface area contributed by atoms with Gasteiger partial charge in [0.25, 0.3) is 0 Å². The van der Waals surface area contributed by atoms with E-state index in [1.165, 1.54) is 0 Å². The van der Waals surface area contributed by atoms with Gasteiger partial charge in [0.15, 0.2) is 0 Å². The average Bonchev–Trinajstić information content (AvgIpc) is 2.76. The van der Waals surface area contributed by atoms with E-state index in [2.05, 4.69) is 19.2 Å². The normalized spacial score (nSPS) is 11.8. The highest BCUT2D eigenvalue weighted by atomic mass is 16.5. The molecule has 0 radical (unpaired) electrons. The van der Waals surface area contributed by atoms with Crippen molar-refractivity contribution in [2.45, 2.75) is 52.6 Å². The summed E-state index contributed by atoms with van der Waals surface area (Å²) in [5.74, 6) is 1.14. The van der Waals surface area contributed by atoms with Crippen molar-refractivity contribution in [2.75, 3.05) is 13.7 Å². The molecular weight excluding hydrogens is 376 g/mol. The molecule has 1 atom stereocenters. The van der Waals surface area contributed by atoms with Crippen LogP contribution in [0.3, 0.4) is 0 Å². The largest absolute Gasteiger partial charge is 0.497 e. The second-order valence-electron chi connectivity index (χ2n) is 8.00. The number of nitrogens with one attached hydrogen (secondary N) is 1. The number of carbonyl (C=O) groups excluding carboxylic acids is 2. The Labute approximate surface area is 180 Å². The molecule has 0 fully saturated rings. The summed E-state index contributed by atoms with van der Waals surface area (Å²) in [6, 6.07) is 17.0. The molecule has 0 aliphatic carbocycles. The molecule has 0 spiro atoms. The van der Waals surface area contributed by atoms with E-state index in [0.717, 1.165) is 23.3 Å². The van der Waals surface area contributed by atoms with Crippen molar-refractivity contribution in [3.8, 4) is 5.75 Å². The summed E-state index contributed by atoms with van der Waals surface area (Å²) in [7, 11) is 1.62. The number of hydrogen-bond donors (Lipinski definition) is 1. The van der Waals surface area contributed by atoms with Gasteiger partial charge in [0.1, 0.15) is 11.8 Å². The van der Waals surface area contributed by atoms with Gasteiger partial charge in [-0.25, -0.2) is 0 Å². The topological polar surface area (TPSA) is 58.6 Å². The number of nitrogens with zero attached hydrogens (tertiary/aromatic N) is 1. The van der Waals surface area contributed by atoms with Gasteiger partial charge in [-0.2, -0.15) is 0 Å². The first-order valence-electron chi connectivity index (χ1n) is 10.6. The van der Waals surface area contributed by atoms with Gasteiger partial charge < -0.3 is 15.0 Å². The molecule has 0 aliphatic rings. The van der Waals surface area contributed by atoms with E-state index in [1.807, 2.05) is 54.6 Å². The SMILES string of the molecule is COc1ccc(CN(C(=O)CCc2ccccc2)C(C)C(=O)NCCC(C)C)cc1. The Morgan fingerprint density at radius 2 is 1.63 bits per heavy atom. The third kappa shape index (κ3) is 7.54. The van der Waals surface area contributed by atoms with Crippen LogP contribution < -0.4 is 10.1 Å². The highest BCUT2D eigenvalue weighted by Gasteiger charge is 2.25. The lowest BCUT2D eigenvalue weighted by atomic mass is 10.1. The number of hydrogen-bond acceptors (Lipinski definition) is 3. The van der Waals surface area contributed by atoms with Crippen LogP contribution in [0.4, 0.5) is 0 Å². The molecule has 2 rings (SSSR count). The van der Waals surface area contributed by atoms with Gasteiger partial charge in [-0.15, -0.1) is 0 Å². The molecule has 162 valence electrons. The Morgan fingerprint density at radius 3 is 2.23 bits per heavy atom. The summed E-state index contributed by atoms with van der Waals surface area (Å²) in [4.78, 5) is 27.5. The molecule has 2 amide bonds. The summed E-state index contributed by atoms with van der Waals surface area (Å²) in [6.07, 6.45) is 1.93. The predicted molar refractivity (Wildman–Crippen MR) is 120 cm³/mol. The lowest BCUT2D eigenvalue weighted by Gasteiger charge is -2.29. The quantitative estimate of drug-likeness (QED) is 0.604. The number of methoxy groups -OCH3 is 1. The first kappa shape index (κ1) is 23.5. The first-order valence-corrected chi connectivity index (χ1v) is 10.6. The zero-order valence-corrected chi connectivity index (χ0v) is 18.6. The fraction of sp³-hybridized carbons (Fsp3) is 0.440. The van der Waals surface area contributed by atoms with Crippen molar-refractivity contribution < 1.29 is 14.3 Å². The molecule has 2 aromatic rings. The number of benzene rings is 2. The Bertz CT molecular complexity index is 788. The number of carbonyl (C=O) groups is 2. The van der Waals surface area contributed by atoms with E-state index in [-0.39, 0.29) is 11.8 Å². The molecular formula is C25H34N2O3. The number of rotatable bonds is 11. The van der Waals surface area contributed by atoms with E-state index in [9.17, 15) is 9.59 Å². The summed E-state index contributed by atoms with van der Waals surface area (Å²) in [5, 5.41) is 2.97. The van der Waals surface area contributed by atoms with Crippen LogP contribution in [0.2, 0.25) is 0 Å². The number of amides is 2. The standard InChI is InChI=1S/C25H34N2O3/c1-19(2)16-17-26-25(29)20(3)27(18-22-10-13-23(30-4)14-11-22)24(28)15-12-21-8-6-5-7-9-21/h5-11,13-14,19-20H,12,15-18H2,1-4H3,(H,26,29). The minimum Gasteiger partial charge on any atom is -0.497 e. The van der Waals surface area contributed by atoms with Crippen LogP contribution in [0.5, 0.6) is 5.75 Å². The Hall–Kier alpha value is -2.82. The molecule has 0 saturated heterocycles. The zero-order chi connectivity index (χ0) is 21.9. The fourth-order valence-electron chi connectivity index (χ4n) is 3.18. The van der Waals surface area contributed by atoms with Gasteiger partial charge in [0.05, 0.1) is 7.11 Å². The summed E-state index contributed by atoms with van der Waals surface area (Å²) >= 11 is 0. The van der Waals surface area contributed by atoms with Crippen LogP contribution in [0, 0.1) is 5.92 Å². The monoisotopic (exact) mass is 410 g/mol. The smallest absolute Gasteiger partial charge is 0.242 e. The van der Waals surface area contributed by atoms with Crippen molar-refractivity contribution in [3.05, 3.63) is 65.7 Å². The average molecular weight is 411 g/mol. The molecule has 0 bridgehead atoms. The van der Waals surface area contributed by atoms with Gasteiger partial charge in [-0.05, 0) is 48.9 Å². The van der Waals surface area contributed by atoms with Gasteiger partial charge in [0.2, 0.25) is 11.8 Å². The molecule has 1 N–H and O–H groups in total. The van der Waals surface area contributed by atoms with Crippen LogP contribution in [0.25, 0.3) is 0 Å². The molecule has 1 unspecified atom stereocenters. The Balaban J connectivity index is 2.08. The molecule has 0 aliphatic heterocycles. The highest BCUT2D eigenvalue weighted by molar-refractivity contribution is 5.87. The second-order valence-corrected chi connectivity index (χ2v) is 8.00. The summed E-state index contributed by atoms with van der Waals surface area (Å²) < 4.78 is 5.21. The first-order chi connectivity index (χ1) is 14.4. The fourth-order valence-corrected chi connectivity index (χ4v) is 3.18. The Kier molecular flexibility index (Phi) is 9.39. The molecule has 2 aromatic carbocycles. The van der Waals surface area contributed by atoms with Crippen LogP contribution in [0.15, 0.2) is 54.6 Å². The molecule has 0 heterocycles. The third-order valence-electron chi connectivity index (χ3n) is 5.17. The highest BCUT2D eigenvalue weighted by Crippen LogP contribution is 2.16. The zero-order valence-electron chi connectivity index (χ0n) is 18.6. The lowest BCUT2D eigenvalue weighted by molar-refractivity contribution is -0.140. The predicted octanol–water partition coefficient (Wildman–Crippen LogP) is 4.21. The Morgan fingerprint density at radius 1 is 0.967 bits per heavy atom. The van der Waals surface area contributed by atoms with Crippen molar-refractivity contribution in [1.82, 2.24) is 10.2 Å². The molecule has 0 saturated carbocycles. The molecule has 0 aromatic heterocycles. The van der Waals surface area contributed by atoms with Gasteiger partial charge in [0, 0.05) is 19.5 Å². The second kappa shape index (κ2) is 12.0. The summed E-state index contributed by atoms with van der Waals surface area (Å²) in [6.45, 7) is 7.05. The van der Waals surface area contributed by atoms with Crippen molar-refractivity contribution in [2.24, 2.45) is 5.92 Å². The van der Waals surface area contributed by atoms with E-state index in [0.29, 0.717) is 31.8 Å². The van der Waals surface area contributed by atoms with Gasteiger partial charge in [-0.1, -0.05) is 56.3 Å². The van der Waals surface area contributed by atoms with E-state index in [1.54, 1.807) is 18.9 Å². The van der Waals surface area contributed by atoms with Crippen LogP contribution in [-0.4, -0.2) is 36.4 Å². The number of ether oxygens (including phenoxy) is 1. The van der Waals surface area contributed by atoms with E-state index in [4.69, 9.17) is 4.74 Å². The van der Waals surface area contributed by atoms with Crippen LogP contribution in [0.1, 0.15) is 44.7 Å². The lowest BCUT2D eigenvalue weighted by Crippen LogP contribution is -2.48. The number of aryl methyl sites for hydroxylation is 1. The molecule has 30 heavy (non-hydrogen) atoms. The van der Waals surface area contributed by atoms with Crippen molar-refractivity contribution in [3.63, 3.8) is 0 Å². The van der Waals surface area contributed by atoms with Crippen LogP contribution >= 0.6 is 0 Å². The maximum Gasteiger partial charge on any atom is 0.242 e. The van der Waals surface area contributed by atoms with Gasteiger partial charge >= 0.3 is 0 Å². The molecule has 5 heteroatoms. The molecule has 5 nitrogen and oxygen atoms in total. The van der Waals surface area contributed by atoms with E-state index < -0.39 is 6.04 Å². The minimum absolute atomic E-state index is 0.0267. The maximum absolute atomic E-state index is 13.1. The van der Waals surface area contributed by atoms with Crippen LogP contribution in [-0.2, 0) is 22.6 Å². The van der Waals surface area contributed by atoms with Gasteiger partial charge in [-0.3, -0.25) is 9.59 Å². The van der Waals surface area contributed by atoms with Crippen molar-refractivity contribution in [1.29, 1.82) is 0 Å². The van der Waals surface area contributed by atoms with E-state index >= 15 is 0 Å². The minimum atomic E-state index is -0.539. The third-order valence-corrected chi connectivity index (χ3v) is 5.17. The summed E-state index contributed by atoms with van der Waals surface area (Å²) in [5.41, 5.74) is 2.08. The van der Waals surface area contributed by atoms with Crippen molar-refractivity contribution >= 4 is 11.8 Å².